The van der Waals surface area contributed by atoms with Crippen molar-refractivity contribution < 1.29 is 0 Å². The molecule has 0 aliphatic carbocycles. The molecule has 0 radical (unpaired) electrons. The van der Waals surface area contributed by atoms with E-state index < -0.39 is 0 Å². The highest BCUT2D eigenvalue weighted by atomic mass is 15.1. The Labute approximate surface area is 107 Å². The summed E-state index contributed by atoms with van der Waals surface area (Å²) in [6, 6.07) is 0.767. The Kier molecular flexibility index (Phi) is 5.79. The fraction of sp³-hybridized carbons (Fsp3) is 1.00. The predicted octanol–water partition coefficient (Wildman–Crippen LogP) is 3.03. The molecule has 0 aromatic heterocycles. The van der Waals surface area contributed by atoms with Gasteiger partial charge in [0.1, 0.15) is 0 Å². The summed E-state index contributed by atoms with van der Waals surface area (Å²) in [4.78, 5) is 2.71. The first-order valence-corrected chi connectivity index (χ1v) is 7.80. The van der Waals surface area contributed by atoms with Crippen molar-refractivity contribution in [1.29, 1.82) is 0 Å². The van der Waals surface area contributed by atoms with Crippen LogP contribution in [-0.4, -0.2) is 37.1 Å². The minimum atomic E-state index is 0.767. The van der Waals surface area contributed by atoms with Gasteiger partial charge in [0.25, 0.3) is 0 Å². The minimum absolute atomic E-state index is 0.767. The molecule has 0 amide bonds. The molecule has 0 aromatic rings. The summed E-state index contributed by atoms with van der Waals surface area (Å²) in [6.45, 7) is 7.63. The van der Waals surface area contributed by atoms with E-state index in [-0.39, 0.29) is 0 Å². The highest BCUT2D eigenvalue weighted by Gasteiger charge is 2.18. The molecule has 0 bridgehead atoms. The Hall–Kier alpha value is -0.0800. The first kappa shape index (κ1) is 13.4. The average molecular weight is 238 g/mol. The van der Waals surface area contributed by atoms with Gasteiger partial charge in [-0.05, 0) is 57.7 Å². The molecule has 2 rings (SSSR count). The van der Waals surface area contributed by atoms with Crippen molar-refractivity contribution in [3.8, 4) is 0 Å². The predicted molar refractivity (Wildman–Crippen MR) is 74.3 cm³/mol. The number of likely N-dealkylation sites (tertiary alicyclic amines) is 1. The normalized spacial score (nSPS) is 33.7. The summed E-state index contributed by atoms with van der Waals surface area (Å²) in [5, 5.41) is 3.76. The van der Waals surface area contributed by atoms with Crippen molar-refractivity contribution in [3.63, 3.8) is 0 Å². The summed E-state index contributed by atoms with van der Waals surface area (Å²) < 4.78 is 0. The van der Waals surface area contributed by atoms with Crippen LogP contribution in [0, 0.1) is 5.92 Å². The van der Waals surface area contributed by atoms with Gasteiger partial charge in [-0.15, -0.1) is 0 Å². The molecule has 2 saturated heterocycles. The maximum Gasteiger partial charge on any atom is 0.0195 e. The van der Waals surface area contributed by atoms with E-state index in [1.807, 2.05) is 0 Å². The van der Waals surface area contributed by atoms with E-state index in [1.54, 1.807) is 0 Å². The smallest absolute Gasteiger partial charge is 0.0195 e. The lowest BCUT2D eigenvalue weighted by Crippen LogP contribution is -2.42. The number of hydrogen-bond donors (Lipinski definition) is 1. The van der Waals surface area contributed by atoms with Crippen LogP contribution in [0.15, 0.2) is 0 Å². The molecule has 2 aliphatic heterocycles. The van der Waals surface area contributed by atoms with Crippen LogP contribution in [0.4, 0.5) is 0 Å². The summed E-state index contributed by atoms with van der Waals surface area (Å²) in [5.41, 5.74) is 0. The zero-order valence-electron chi connectivity index (χ0n) is 11.6. The summed E-state index contributed by atoms with van der Waals surface area (Å²) in [7, 11) is 0. The van der Waals surface area contributed by atoms with Crippen LogP contribution < -0.4 is 5.32 Å². The molecular weight excluding hydrogens is 208 g/mol. The molecule has 100 valence electrons. The van der Waals surface area contributed by atoms with E-state index in [0.29, 0.717) is 0 Å². The summed E-state index contributed by atoms with van der Waals surface area (Å²) in [5.74, 6) is 0.949. The van der Waals surface area contributed by atoms with Gasteiger partial charge in [0.2, 0.25) is 0 Å². The van der Waals surface area contributed by atoms with Gasteiger partial charge in [-0.25, -0.2) is 0 Å². The third-order valence-corrected chi connectivity index (χ3v) is 4.50. The van der Waals surface area contributed by atoms with Crippen LogP contribution in [0.2, 0.25) is 0 Å². The third kappa shape index (κ3) is 4.97. The lowest BCUT2D eigenvalue weighted by Gasteiger charge is -2.28. The second kappa shape index (κ2) is 7.38. The molecule has 0 saturated carbocycles. The Morgan fingerprint density at radius 1 is 0.941 bits per heavy atom. The molecule has 1 N–H and O–H groups in total. The van der Waals surface area contributed by atoms with Gasteiger partial charge in [0, 0.05) is 12.6 Å². The zero-order valence-corrected chi connectivity index (χ0v) is 11.6. The van der Waals surface area contributed by atoms with Crippen LogP contribution >= 0.6 is 0 Å². The molecule has 2 unspecified atom stereocenters. The lowest BCUT2D eigenvalue weighted by molar-refractivity contribution is 0.235. The van der Waals surface area contributed by atoms with Gasteiger partial charge in [0.15, 0.2) is 0 Å². The number of rotatable bonds is 2. The number of hydrogen-bond acceptors (Lipinski definition) is 2. The van der Waals surface area contributed by atoms with Crippen LogP contribution in [0.25, 0.3) is 0 Å². The van der Waals surface area contributed by atoms with Crippen molar-refractivity contribution in [2.75, 3.05) is 26.2 Å². The maximum absolute atomic E-state index is 3.76. The third-order valence-electron chi connectivity index (χ3n) is 4.50. The molecule has 2 heteroatoms. The lowest BCUT2D eigenvalue weighted by atomic mass is 10.0. The fourth-order valence-electron chi connectivity index (χ4n) is 3.25. The largest absolute Gasteiger partial charge is 0.313 e. The van der Waals surface area contributed by atoms with Crippen LogP contribution in [-0.2, 0) is 0 Å². The van der Waals surface area contributed by atoms with Gasteiger partial charge >= 0.3 is 0 Å². The molecule has 2 atom stereocenters. The standard InChI is InChI=1S/C15H30N2/c1-14-7-6-11-17(12-9-14)13-15-8-4-2-3-5-10-16-15/h14-16H,2-13H2,1H3. The van der Waals surface area contributed by atoms with Gasteiger partial charge in [-0.3, -0.25) is 0 Å². The molecule has 2 aliphatic rings. The van der Waals surface area contributed by atoms with Crippen LogP contribution in [0.1, 0.15) is 58.3 Å². The van der Waals surface area contributed by atoms with Crippen LogP contribution in [0.5, 0.6) is 0 Å². The van der Waals surface area contributed by atoms with E-state index in [2.05, 4.69) is 17.1 Å². The van der Waals surface area contributed by atoms with E-state index in [4.69, 9.17) is 0 Å². The topological polar surface area (TPSA) is 15.3 Å². The molecule has 2 nitrogen and oxygen atoms in total. The molecule has 0 aromatic carbocycles. The molecule has 2 fully saturated rings. The maximum atomic E-state index is 3.76. The van der Waals surface area contributed by atoms with Crippen molar-refractivity contribution in [2.45, 2.75) is 64.3 Å². The monoisotopic (exact) mass is 238 g/mol. The average Bonchev–Trinajstić information content (AvgIpc) is 2.47. The Morgan fingerprint density at radius 2 is 1.82 bits per heavy atom. The Morgan fingerprint density at radius 3 is 2.76 bits per heavy atom. The van der Waals surface area contributed by atoms with Gasteiger partial charge in [-0.2, -0.15) is 0 Å². The molecule has 2 heterocycles. The Bertz CT molecular complexity index is 194. The van der Waals surface area contributed by atoms with Crippen molar-refractivity contribution in [2.24, 2.45) is 5.92 Å². The number of nitrogens with one attached hydrogen (secondary N) is 1. The van der Waals surface area contributed by atoms with Crippen molar-refractivity contribution in [3.05, 3.63) is 0 Å². The first-order valence-electron chi connectivity index (χ1n) is 7.80. The quantitative estimate of drug-likeness (QED) is 0.795. The molecular formula is C15H30N2. The Balaban J connectivity index is 1.73. The SMILES string of the molecule is CC1CCCN(CC2CCCCCCN2)CC1. The fourth-order valence-corrected chi connectivity index (χ4v) is 3.25. The first-order chi connectivity index (χ1) is 8.34. The number of nitrogens with zero attached hydrogens (tertiary/aromatic N) is 1. The van der Waals surface area contributed by atoms with Gasteiger partial charge < -0.3 is 10.2 Å². The van der Waals surface area contributed by atoms with E-state index >= 15 is 0 Å². The van der Waals surface area contributed by atoms with Gasteiger partial charge in [0.05, 0.1) is 0 Å². The summed E-state index contributed by atoms with van der Waals surface area (Å²) in [6.07, 6.45) is 11.4. The van der Waals surface area contributed by atoms with Gasteiger partial charge in [-0.1, -0.05) is 26.2 Å². The van der Waals surface area contributed by atoms with Crippen molar-refractivity contribution >= 4 is 0 Å². The van der Waals surface area contributed by atoms with E-state index in [0.717, 1.165) is 12.0 Å². The second-order valence-corrected chi connectivity index (χ2v) is 6.19. The van der Waals surface area contributed by atoms with Crippen molar-refractivity contribution in [1.82, 2.24) is 10.2 Å². The van der Waals surface area contributed by atoms with E-state index in [9.17, 15) is 0 Å². The second-order valence-electron chi connectivity index (χ2n) is 6.19. The summed E-state index contributed by atoms with van der Waals surface area (Å²) >= 11 is 0. The van der Waals surface area contributed by atoms with Crippen LogP contribution in [0.3, 0.4) is 0 Å². The zero-order chi connectivity index (χ0) is 11.9. The van der Waals surface area contributed by atoms with E-state index in [1.165, 1.54) is 77.5 Å². The highest BCUT2D eigenvalue weighted by Crippen LogP contribution is 2.17. The minimum Gasteiger partial charge on any atom is -0.313 e. The highest BCUT2D eigenvalue weighted by molar-refractivity contribution is 4.76. The molecule has 0 spiro atoms. The molecule has 17 heavy (non-hydrogen) atoms.